The van der Waals surface area contributed by atoms with Crippen molar-refractivity contribution in [1.82, 2.24) is 4.57 Å². The predicted octanol–water partition coefficient (Wildman–Crippen LogP) is 4.20. The number of unbranched alkanes of at least 4 members (excludes halogenated alkanes) is 1. The van der Waals surface area contributed by atoms with Crippen LogP contribution in [0.3, 0.4) is 0 Å². The molecule has 0 aliphatic carbocycles. The van der Waals surface area contributed by atoms with Crippen molar-refractivity contribution in [3.05, 3.63) is 41.6 Å². The molecule has 0 aliphatic heterocycles. The molecule has 0 saturated heterocycles. The molecule has 0 aliphatic rings. The number of hydrogen-bond acceptors (Lipinski definition) is 3. The zero-order valence-electron chi connectivity index (χ0n) is 11.9. The Hall–Kier alpha value is -1.86. The fourth-order valence-electron chi connectivity index (χ4n) is 2.02. The van der Waals surface area contributed by atoms with Gasteiger partial charge in [-0.1, -0.05) is 42.8 Å². The number of nitrogen functional groups attached to an aromatic ring is 1. The molecule has 3 nitrogen and oxygen atoms in total. The molecule has 0 spiro atoms. The zero-order chi connectivity index (χ0) is 14.5. The molecule has 2 rings (SSSR count). The Morgan fingerprint density at radius 2 is 2.00 bits per heavy atom. The van der Waals surface area contributed by atoms with Gasteiger partial charge in [-0.2, -0.15) is 5.26 Å². The summed E-state index contributed by atoms with van der Waals surface area (Å²) in [7, 11) is 0. The summed E-state index contributed by atoms with van der Waals surface area (Å²) >= 11 is 1.62. The molecular formula is C16H19N3S. The van der Waals surface area contributed by atoms with E-state index in [4.69, 9.17) is 5.73 Å². The van der Waals surface area contributed by atoms with Crippen molar-refractivity contribution in [3.63, 3.8) is 0 Å². The SMILES string of the molecule is CCCCn1c(C#N)cc(N)c1Sc1ccc(C)cc1. The number of nitrogens with two attached hydrogens (primary N) is 1. The lowest BCUT2D eigenvalue weighted by Gasteiger charge is -2.10. The summed E-state index contributed by atoms with van der Waals surface area (Å²) in [4.78, 5) is 1.14. The van der Waals surface area contributed by atoms with Crippen molar-refractivity contribution in [1.29, 1.82) is 5.26 Å². The summed E-state index contributed by atoms with van der Waals surface area (Å²) in [5.74, 6) is 0. The first-order valence-electron chi connectivity index (χ1n) is 6.79. The van der Waals surface area contributed by atoms with Gasteiger partial charge in [0.2, 0.25) is 0 Å². The van der Waals surface area contributed by atoms with Crippen LogP contribution in [0.2, 0.25) is 0 Å². The molecule has 0 bridgehead atoms. The Morgan fingerprint density at radius 1 is 1.30 bits per heavy atom. The van der Waals surface area contributed by atoms with Crippen LogP contribution in [0, 0.1) is 18.3 Å². The minimum absolute atomic E-state index is 0.644. The number of nitrogens with zero attached hydrogens (tertiary/aromatic N) is 2. The molecule has 1 aromatic carbocycles. The van der Waals surface area contributed by atoms with E-state index in [-0.39, 0.29) is 0 Å². The second-order valence-electron chi connectivity index (χ2n) is 4.82. The first kappa shape index (κ1) is 14.5. The van der Waals surface area contributed by atoms with Gasteiger partial charge in [0.1, 0.15) is 16.8 Å². The first-order chi connectivity index (χ1) is 9.65. The van der Waals surface area contributed by atoms with Crippen molar-refractivity contribution in [3.8, 4) is 6.07 Å². The number of aromatic nitrogens is 1. The summed E-state index contributed by atoms with van der Waals surface area (Å²) in [6, 6.07) is 12.3. The van der Waals surface area contributed by atoms with Gasteiger partial charge in [0.05, 0.1) is 5.69 Å². The number of rotatable bonds is 5. The predicted molar refractivity (Wildman–Crippen MR) is 83.8 cm³/mol. The average Bonchev–Trinajstić information content (AvgIpc) is 2.75. The van der Waals surface area contributed by atoms with Gasteiger partial charge in [-0.15, -0.1) is 0 Å². The molecule has 2 aromatic rings. The number of nitriles is 1. The summed E-state index contributed by atoms with van der Waals surface area (Å²) < 4.78 is 2.03. The normalized spacial score (nSPS) is 10.4. The molecule has 4 heteroatoms. The highest BCUT2D eigenvalue weighted by atomic mass is 32.2. The second kappa shape index (κ2) is 6.53. The summed E-state index contributed by atoms with van der Waals surface area (Å²) in [5.41, 5.74) is 8.64. The Kier molecular flexibility index (Phi) is 4.75. The number of benzene rings is 1. The third-order valence-corrected chi connectivity index (χ3v) is 4.32. The van der Waals surface area contributed by atoms with Crippen molar-refractivity contribution < 1.29 is 0 Å². The molecule has 0 unspecified atom stereocenters. The minimum atomic E-state index is 0.644. The summed E-state index contributed by atoms with van der Waals surface area (Å²) in [5, 5.41) is 10.2. The van der Waals surface area contributed by atoms with Gasteiger partial charge < -0.3 is 10.3 Å². The molecule has 20 heavy (non-hydrogen) atoms. The van der Waals surface area contributed by atoms with E-state index in [9.17, 15) is 5.26 Å². The molecule has 0 radical (unpaired) electrons. The van der Waals surface area contributed by atoms with Gasteiger partial charge in [-0.3, -0.25) is 0 Å². The Balaban J connectivity index is 2.32. The molecular weight excluding hydrogens is 266 g/mol. The topological polar surface area (TPSA) is 54.7 Å². The van der Waals surface area contributed by atoms with Crippen molar-refractivity contribution >= 4 is 17.4 Å². The highest BCUT2D eigenvalue weighted by Gasteiger charge is 2.14. The quantitative estimate of drug-likeness (QED) is 0.895. The lowest BCUT2D eigenvalue weighted by Crippen LogP contribution is -2.02. The molecule has 104 valence electrons. The summed E-state index contributed by atoms with van der Waals surface area (Å²) in [6.07, 6.45) is 2.14. The van der Waals surface area contributed by atoms with Crippen LogP contribution in [0.15, 0.2) is 40.3 Å². The van der Waals surface area contributed by atoms with E-state index >= 15 is 0 Å². The van der Waals surface area contributed by atoms with Gasteiger partial charge >= 0.3 is 0 Å². The maximum Gasteiger partial charge on any atom is 0.123 e. The maximum atomic E-state index is 9.22. The van der Waals surface area contributed by atoms with Crippen molar-refractivity contribution in [2.24, 2.45) is 0 Å². The average molecular weight is 285 g/mol. The van der Waals surface area contributed by atoms with Crippen LogP contribution in [-0.2, 0) is 6.54 Å². The largest absolute Gasteiger partial charge is 0.397 e. The molecule has 2 N–H and O–H groups in total. The Labute approximate surface area is 124 Å². The van der Waals surface area contributed by atoms with Crippen molar-refractivity contribution in [2.45, 2.75) is 43.2 Å². The minimum Gasteiger partial charge on any atom is -0.397 e. The molecule has 0 atom stereocenters. The van der Waals surface area contributed by atoms with E-state index in [2.05, 4.69) is 44.2 Å². The first-order valence-corrected chi connectivity index (χ1v) is 7.61. The van der Waals surface area contributed by atoms with Gasteiger partial charge in [0, 0.05) is 11.4 Å². The van der Waals surface area contributed by atoms with Gasteiger partial charge in [0.15, 0.2) is 0 Å². The van der Waals surface area contributed by atoms with E-state index < -0.39 is 0 Å². The smallest absolute Gasteiger partial charge is 0.123 e. The number of aryl methyl sites for hydroxylation is 1. The second-order valence-corrected chi connectivity index (χ2v) is 5.88. The van der Waals surface area contributed by atoms with Gasteiger partial charge in [-0.05, 0) is 31.5 Å². The zero-order valence-corrected chi connectivity index (χ0v) is 12.7. The molecule has 0 fully saturated rings. The fourth-order valence-corrected chi connectivity index (χ4v) is 2.99. The maximum absolute atomic E-state index is 9.22. The van der Waals surface area contributed by atoms with Crippen LogP contribution in [0.4, 0.5) is 5.69 Å². The van der Waals surface area contributed by atoms with E-state index in [0.29, 0.717) is 11.4 Å². The van der Waals surface area contributed by atoms with Crippen LogP contribution in [0.5, 0.6) is 0 Å². The van der Waals surface area contributed by atoms with Crippen LogP contribution in [0.1, 0.15) is 31.0 Å². The Morgan fingerprint density at radius 3 is 2.60 bits per heavy atom. The highest BCUT2D eigenvalue weighted by Crippen LogP contribution is 2.34. The summed E-state index contributed by atoms with van der Waals surface area (Å²) in [6.45, 7) is 5.05. The standard InChI is InChI=1S/C16H19N3S/c1-3-4-9-19-13(11-17)10-15(18)16(19)20-14-7-5-12(2)6-8-14/h5-8,10H,3-4,9,18H2,1-2H3. The lowest BCUT2D eigenvalue weighted by atomic mass is 10.2. The molecule has 0 amide bonds. The fraction of sp³-hybridized carbons (Fsp3) is 0.312. The lowest BCUT2D eigenvalue weighted by molar-refractivity contribution is 0.594. The van der Waals surface area contributed by atoms with Crippen LogP contribution in [0.25, 0.3) is 0 Å². The van der Waals surface area contributed by atoms with Crippen molar-refractivity contribution in [2.75, 3.05) is 5.73 Å². The van der Waals surface area contributed by atoms with E-state index in [0.717, 1.165) is 29.3 Å². The third kappa shape index (κ3) is 3.17. The molecule has 0 saturated carbocycles. The number of anilines is 1. The van der Waals surface area contributed by atoms with E-state index in [1.807, 2.05) is 4.57 Å². The van der Waals surface area contributed by atoms with Crippen LogP contribution >= 0.6 is 11.8 Å². The van der Waals surface area contributed by atoms with Crippen LogP contribution in [-0.4, -0.2) is 4.57 Å². The number of hydrogen-bond donors (Lipinski definition) is 1. The monoisotopic (exact) mass is 285 g/mol. The highest BCUT2D eigenvalue weighted by molar-refractivity contribution is 7.99. The van der Waals surface area contributed by atoms with E-state index in [1.165, 1.54) is 5.56 Å². The Bertz CT molecular complexity index is 620. The van der Waals surface area contributed by atoms with Crippen LogP contribution < -0.4 is 5.73 Å². The third-order valence-electron chi connectivity index (χ3n) is 3.16. The molecule has 1 aromatic heterocycles. The molecule has 1 heterocycles. The van der Waals surface area contributed by atoms with E-state index in [1.54, 1.807) is 17.8 Å². The van der Waals surface area contributed by atoms with Gasteiger partial charge in [-0.25, -0.2) is 0 Å². The van der Waals surface area contributed by atoms with Gasteiger partial charge in [0.25, 0.3) is 0 Å².